The maximum atomic E-state index is 11.8. The molecule has 0 bridgehead atoms. The van der Waals surface area contributed by atoms with Crippen LogP contribution in [-0.4, -0.2) is 23.9 Å². The molecule has 2 heterocycles. The monoisotopic (exact) mass is 404 g/mol. The van der Waals surface area contributed by atoms with Crippen LogP contribution in [0.2, 0.25) is 0 Å². The van der Waals surface area contributed by atoms with Crippen LogP contribution in [0.3, 0.4) is 0 Å². The molecule has 1 atom stereocenters. The Labute approximate surface area is 169 Å². The maximum Gasteiger partial charge on any atom is 0.347 e. The lowest BCUT2D eigenvalue weighted by molar-refractivity contribution is -0.152. The smallest absolute Gasteiger partial charge is 0.347 e. The van der Waals surface area contributed by atoms with Crippen LogP contribution in [0.15, 0.2) is 65.9 Å². The predicted molar refractivity (Wildman–Crippen MR) is 98.7 cm³/mol. The van der Waals surface area contributed by atoms with Crippen molar-refractivity contribution in [1.82, 2.24) is 0 Å². The van der Waals surface area contributed by atoms with E-state index in [9.17, 15) is 19.2 Å². The van der Waals surface area contributed by atoms with Gasteiger partial charge in [-0.15, -0.1) is 0 Å². The van der Waals surface area contributed by atoms with Crippen molar-refractivity contribution in [3.63, 3.8) is 0 Å². The fraction of sp³-hybridized carbons (Fsp3) is 0.0909. The Bertz CT molecular complexity index is 1200. The van der Waals surface area contributed by atoms with Gasteiger partial charge in [-0.2, -0.15) is 0 Å². The quantitative estimate of drug-likeness (QED) is 0.566. The molecule has 3 aliphatic rings. The van der Waals surface area contributed by atoms with E-state index in [1.54, 1.807) is 36.4 Å². The van der Waals surface area contributed by atoms with Crippen LogP contribution in [0.1, 0.15) is 27.1 Å². The lowest BCUT2D eigenvalue weighted by Gasteiger charge is -2.16. The second-order valence-corrected chi connectivity index (χ2v) is 6.74. The highest BCUT2D eigenvalue weighted by Gasteiger charge is 2.40. The van der Waals surface area contributed by atoms with Crippen molar-refractivity contribution >= 4 is 23.9 Å². The van der Waals surface area contributed by atoms with Gasteiger partial charge >= 0.3 is 23.9 Å². The van der Waals surface area contributed by atoms with Crippen molar-refractivity contribution < 1.29 is 38.1 Å². The van der Waals surface area contributed by atoms with Crippen molar-refractivity contribution in [3.05, 3.63) is 77.1 Å². The Morgan fingerprint density at radius 2 is 1.53 bits per heavy atom. The molecule has 0 aromatic heterocycles. The highest BCUT2D eigenvalue weighted by atomic mass is 16.6. The molecule has 0 N–H and O–H groups in total. The molecule has 0 radical (unpaired) electrons. The normalized spacial score (nSPS) is 19.4. The average Bonchev–Trinajstić information content (AvgIpc) is 3.18. The molecular formula is C22H12O8. The highest BCUT2D eigenvalue weighted by molar-refractivity contribution is 6.14. The van der Waals surface area contributed by atoms with Crippen LogP contribution in [0.4, 0.5) is 0 Å². The molecular weight excluding hydrogens is 392 g/mol. The molecule has 30 heavy (non-hydrogen) atoms. The third kappa shape index (κ3) is 2.95. The Kier molecular flexibility index (Phi) is 3.99. The molecule has 1 aliphatic carbocycles. The predicted octanol–water partition coefficient (Wildman–Crippen LogP) is 3.08. The van der Waals surface area contributed by atoms with E-state index >= 15 is 0 Å². The van der Waals surface area contributed by atoms with Crippen LogP contribution in [0.5, 0.6) is 17.2 Å². The zero-order valence-corrected chi connectivity index (χ0v) is 15.2. The SMILES string of the molecule is O=C1OC(=O)C2CC=C(Oc3ccccc3Oc3ccc4c(c3)C(=O)OC4=O)C=C12. The molecule has 5 rings (SSSR count). The van der Waals surface area contributed by atoms with E-state index in [0.29, 0.717) is 29.4 Å². The fourth-order valence-corrected chi connectivity index (χ4v) is 3.39. The summed E-state index contributed by atoms with van der Waals surface area (Å²) in [6.07, 6.45) is 3.48. The van der Waals surface area contributed by atoms with Crippen LogP contribution in [0.25, 0.3) is 0 Å². The number of hydrogen-bond donors (Lipinski definition) is 0. The topological polar surface area (TPSA) is 105 Å². The standard InChI is InChI=1S/C22H12O8/c23-19-13-7-5-11(9-15(13)21(25)29-19)27-17-3-1-2-4-18(17)28-12-6-8-14-16(10-12)22(26)30-20(14)24/h1-7,9-10,14H,8H2. The Morgan fingerprint density at radius 1 is 0.800 bits per heavy atom. The Hall–Kier alpha value is -4.20. The van der Waals surface area contributed by atoms with Crippen LogP contribution < -0.4 is 9.47 Å². The molecule has 0 amide bonds. The van der Waals surface area contributed by atoms with Gasteiger partial charge in [-0.3, -0.25) is 4.79 Å². The second kappa shape index (κ2) is 6.70. The Balaban J connectivity index is 1.40. The number of carbonyl (C=O) groups excluding carboxylic acids is 4. The van der Waals surface area contributed by atoms with Gasteiger partial charge in [-0.25, -0.2) is 14.4 Å². The first kappa shape index (κ1) is 17.9. The number of esters is 4. The summed E-state index contributed by atoms with van der Waals surface area (Å²) in [4.78, 5) is 46.8. The first-order valence-electron chi connectivity index (χ1n) is 9.02. The van der Waals surface area contributed by atoms with Gasteiger partial charge in [0, 0.05) is 0 Å². The van der Waals surface area contributed by atoms with Gasteiger partial charge in [0.2, 0.25) is 0 Å². The summed E-state index contributed by atoms with van der Waals surface area (Å²) < 4.78 is 20.9. The van der Waals surface area contributed by atoms with E-state index in [0.717, 1.165) is 0 Å². The third-order valence-electron chi connectivity index (χ3n) is 4.86. The van der Waals surface area contributed by atoms with Gasteiger partial charge in [-0.1, -0.05) is 12.1 Å². The highest BCUT2D eigenvalue weighted by Crippen LogP contribution is 2.37. The first-order valence-corrected chi connectivity index (χ1v) is 9.02. The van der Waals surface area contributed by atoms with E-state index in [1.165, 1.54) is 18.2 Å². The summed E-state index contributed by atoms with van der Waals surface area (Å²) in [5.41, 5.74) is 0.576. The number of rotatable bonds is 4. The van der Waals surface area contributed by atoms with E-state index in [2.05, 4.69) is 9.47 Å². The first-order chi connectivity index (χ1) is 14.5. The fourth-order valence-electron chi connectivity index (χ4n) is 3.39. The lowest BCUT2D eigenvalue weighted by atomic mass is 9.93. The molecule has 0 spiro atoms. The van der Waals surface area contributed by atoms with Crippen molar-refractivity contribution in [2.24, 2.45) is 5.92 Å². The number of para-hydroxylation sites is 2. The molecule has 0 saturated carbocycles. The van der Waals surface area contributed by atoms with Gasteiger partial charge in [0.15, 0.2) is 11.5 Å². The summed E-state index contributed by atoms with van der Waals surface area (Å²) in [6, 6.07) is 11.2. The van der Waals surface area contributed by atoms with Gasteiger partial charge < -0.3 is 18.9 Å². The summed E-state index contributed by atoms with van der Waals surface area (Å²) >= 11 is 0. The molecule has 2 aromatic carbocycles. The summed E-state index contributed by atoms with van der Waals surface area (Å²) in [7, 11) is 0. The van der Waals surface area contributed by atoms with Crippen molar-refractivity contribution in [2.45, 2.75) is 6.42 Å². The molecule has 1 unspecified atom stereocenters. The minimum Gasteiger partial charge on any atom is -0.454 e. The number of carbonyl (C=O) groups is 4. The zero-order chi connectivity index (χ0) is 20.8. The van der Waals surface area contributed by atoms with Gasteiger partial charge in [0.05, 0.1) is 22.6 Å². The molecule has 1 saturated heterocycles. The summed E-state index contributed by atoms with van der Waals surface area (Å²) in [5.74, 6) is -1.82. The lowest BCUT2D eigenvalue weighted by Crippen LogP contribution is -2.12. The van der Waals surface area contributed by atoms with E-state index in [1.807, 2.05) is 0 Å². The molecule has 8 nitrogen and oxygen atoms in total. The van der Waals surface area contributed by atoms with Crippen molar-refractivity contribution in [2.75, 3.05) is 0 Å². The maximum absolute atomic E-state index is 11.8. The number of fused-ring (bicyclic) bond motifs is 2. The van der Waals surface area contributed by atoms with E-state index in [-0.39, 0.29) is 16.7 Å². The van der Waals surface area contributed by atoms with Crippen molar-refractivity contribution in [3.8, 4) is 17.2 Å². The van der Waals surface area contributed by atoms with Gasteiger partial charge in [-0.05, 0) is 48.9 Å². The molecule has 8 heteroatoms. The summed E-state index contributed by atoms with van der Waals surface area (Å²) in [5, 5.41) is 0. The van der Waals surface area contributed by atoms with Gasteiger partial charge in [0.1, 0.15) is 11.5 Å². The number of benzene rings is 2. The zero-order valence-electron chi connectivity index (χ0n) is 15.2. The van der Waals surface area contributed by atoms with Crippen LogP contribution >= 0.6 is 0 Å². The van der Waals surface area contributed by atoms with Crippen LogP contribution in [-0.2, 0) is 19.1 Å². The third-order valence-corrected chi connectivity index (χ3v) is 4.86. The molecule has 2 aliphatic heterocycles. The minimum absolute atomic E-state index is 0.131. The largest absolute Gasteiger partial charge is 0.454 e. The number of cyclic esters (lactones) is 4. The summed E-state index contributed by atoms with van der Waals surface area (Å²) in [6.45, 7) is 0. The van der Waals surface area contributed by atoms with Crippen molar-refractivity contribution in [1.29, 1.82) is 0 Å². The molecule has 1 fully saturated rings. The molecule has 148 valence electrons. The average molecular weight is 404 g/mol. The second-order valence-electron chi connectivity index (χ2n) is 6.74. The van der Waals surface area contributed by atoms with Crippen LogP contribution in [0, 0.1) is 5.92 Å². The van der Waals surface area contributed by atoms with E-state index in [4.69, 9.17) is 9.47 Å². The number of ether oxygens (including phenoxy) is 4. The minimum atomic E-state index is -0.725. The number of hydrogen-bond acceptors (Lipinski definition) is 8. The molecule has 2 aromatic rings. The number of allylic oxidation sites excluding steroid dienone is 2. The van der Waals surface area contributed by atoms with E-state index < -0.39 is 29.8 Å². The Morgan fingerprint density at radius 3 is 2.33 bits per heavy atom. The van der Waals surface area contributed by atoms with Gasteiger partial charge in [0.25, 0.3) is 0 Å².